The summed E-state index contributed by atoms with van der Waals surface area (Å²) in [5, 5.41) is 0.508. The highest BCUT2D eigenvalue weighted by atomic mass is 35.5. The Labute approximate surface area is 88.5 Å². The van der Waals surface area contributed by atoms with Crippen LogP contribution in [0.1, 0.15) is 12.5 Å². The quantitative estimate of drug-likeness (QED) is 0.737. The van der Waals surface area contributed by atoms with Crippen LogP contribution in [-0.2, 0) is 6.42 Å². The first-order valence-corrected chi connectivity index (χ1v) is 5.20. The van der Waals surface area contributed by atoms with Crippen molar-refractivity contribution in [3.05, 3.63) is 34.6 Å². The van der Waals surface area contributed by atoms with Crippen LogP contribution in [0.3, 0.4) is 0 Å². The van der Waals surface area contributed by atoms with E-state index in [1.54, 1.807) is 12.1 Å². The van der Waals surface area contributed by atoms with E-state index >= 15 is 0 Å². The predicted octanol–water partition coefficient (Wildman–Crippen LogP) is 3.59. The molecule has 0 spiro atoms. The fourth-order valence-electron chi connectivity index (χ4n) is 1.14. The van der Waals surface area contributed by atoms with E-state index in [0.717, 1.165) is 5.75 Å². The molecule has 1 unspecified atom stereocenters. The molecule has 0 bridgehead atoms. The van der Waals surface area contributed by atoms with Gasteiger partial charge in [0, 0.05) is 10.6 Å². The maximum Gasteiger partial charge on any atom is 0.127 e. The van der Waals surface area contributed by atoms with Crippen molar-refractivity contribution < 1.29 is 4.39 Å². The molecular weight excluding hydrogens is 207 g/mol. The van der Waals surface area contributed by atoms with Crippen LogP contribution in [-0.4, -0.2) is 5.75 Å². The molecule has 0 radical (unpaired) electrons. The number of rotatable bonds is 3. The fourth-order valence-corrected chi connectivity index (χ4v) is 1.51. The molecule has 1 aromatic carbocycles. The van der Waals surface area contributed by atoms with Gasteiger partial charge in [-0.2, -0.15) is 12.6 Å². The smallest absolute Gasteiger partial charge is 0.127 e. The van der Waals surface area contributed by atoms with Gasteiger partial charge in [-0.1, -0.05) is 24.6 Å². The molecule has 0 N–H and O–H groups in total. The predicted molar refractivity (Wildman–Crippen MR) is 58.1 cm³/mol. The average molecular weight is 219 g/mol. The van der Waals surface area contributed by atoms with E-state index in [1.807, 2.05) is 6.92 Å². The van der Waals surface area contributed by atoms with Crippen LogP contribution in [0.4, 0.5) is 4.39 Å². The number of hydrogen-bond donors (Lipinski definition) is 1. The molecule has 0 aromatic heterocycles. The van der Waals surface area contributed by atoms with Gasteiger partial charge in [-0.25, -0.2) is 4.39 Å². The topological polar surface area (TPSA) is 0 Å². The summed E-state index contributed by atoms with van der Waals surface area (Å²) in [4.78, 5) is 0. The minimum absolute atomic E-state index is 0.221. The van der Waals surface area contributed by atoms with Crippen molar-refractivity contribution in [1.29, 1.82) is 0 Å². The molecule has 1 rings (SSSR count). The van der Waals surface area contributed by atoms with E-state index in [1.165, 1.54) is 6.07 Å². The van der Waals surface area contributed by atoms with Crippen molar-refractivity contribution in [2.45, 2.75) is 13.3 Å². The first-order chi connectivity index (χ1) is 6.15. The second-order valence-corrected chi connectivity index (χ2v) is 3.96. The Kier molecular flexibility index (Phi) is 4.07. The summed E-state index contributed by atoms with van der Waals surface area (Å²) in [6, 6.07) is 4.77. The standard InChI is InChI=1S/C10H12ClFS/c1-7(6-13)5-8-9(11)3-2-4-10(8)12/h2-4,7,13H,5-6H2,1H3. The average Bonchev–Trinajstić information content (AvgIpc) is 2.11. The Morgan fingerprint density at radius 1 is 1.54 bits per heavy atom. The molecule has 72 valence electrons. The maximum atomic E-state index is 13.2. The van der Waals surface area contributed by atoms with Gasteiger partial charge in [0.25, 0.3) is 0 Å². The van der Waals surface area contributed by atoms with Crippen LogP contribution in [0.25, 0.3) is 0 Å². The highest BCUT2D eigenvalue weighted by Gasteiger charge is 2.09. The summed E-state index contributed by atoms with van der Waals surface area (Å²) in [6.07, 6.45) is 0.648. The summed E-state index contributed by atoms with van der Waals surface area (Å²) < 4.78 is 13.2. The molecule has 0 aliphatic heterocycles. The molecule has 13 heavy (non-hydrogen) atoms. The minimum Gasteiger partial charge on any atom is -0.207 e. The highest BCUT2D eigenvalue weighted by Crippen LogP contribution is 2.22. The number of benzene rings is 1. The van der Waals surface area contributed by atoms with E-state index in [0.29, 0.717) is 22.9 Å². The summed E-state index contributed by atoms with van der Waals surface area (Å²) in [6.45, 7) is 2.02. The molecule has 0 heterocycles. The zero-order valence-electron chi connectivity index (χ0n) is 7.43. The Morgan fingerprint density at radius 2 is 2.23 bits per heavy atom. The van der Waals surface area contributed by atoms with Crippen molar-refractivity contribution in [2.24, 2.45) is 5.92 Å². The van der Waals surface area contributed by atoms with Gasteiger partial charge in [0.1, 0.15) is 5.82 Å². The third kappa shape index (κ3) is 2.89. The largest absolute Gasteiger partial charge is 0.207 e. The van der Waals surface area contributed by atoms with Gasteiger partial charge in [0.05, 0.1) is 0 Å². The maximum absolute atomic E-state index is 13.2. The normalized spacial score (nSPS) is 12.9. The van der Waals surface area contributed by atoms with Crippen LogP contribution in [0.2, 0.25) is 5.02 Å². The summed E-state index contributed by atoms with van der Waals surface area (Å²) in [5.74, 6) is 0.865. The van der Waals surface area contributed by atoms with Crippen molar-refractivity contribution in [2.75, 3.05) is 5.75 Å². The monoisotopic (exact) mass is 218 g/mol. The molecule has 0 amide bonds. The third-order valence-corrected chi connectivity index (χ3v) is 2.90. The van der Waals surface area contributed by atoms with Crippen LogP contribution in [0.5, 0.6) is 0 Å². The Bertz CT molecular complexity index is 268. The Hall–Kier alpha value is -0.210. The lowest BCUT2D eigenvalue weighted by Crippen LogP contribution is -2.03. The van der Waals surface area contributed by atoms with E-state index in [-0.39, 0.29) is 5.82 Å². The van der Waals surface area contributed by atoms with Crippen LogP contribution < -0.4 is 0 Å². The lowest BCUT2D eigenvalue weighted by molar-refractivity contribution is 0.578. The van der Waals surface area contributed by atoms with E-state index < -0.39 is 0 Å². The van der Waals surface area contributed by atoms with Crippen LogP contribution in [0.15, 0.2) is 18.2 Å². The van der Waals surface area contributed by atoms with Crippen molar-refractivity contribution in [3.63, 3.8) is 0 Å². The molecule has 0 aliphatic rings. The van der Waals surface area contributed by atoms with Gasteiger partial charge < -0.3 is 0 Å². The second-order valence-electron chi connectivity index (χ2n) is 3.19. The van der Waals surface area contributed by atoms with Gasteiger partial charge in [-0.15, -0.1) is 0 Å². The summed E-state index contributed by atoms with van der Waals surface area (Å²) >= 11 is 10.0. The fraction of sp³-hybridized carbons (Fsp3) is 0.400. The lowest BCUT2D eigenvalue weighted by Gasteiger charge is -2.10. The number of hydrogen-bond acceptors (Lipinski definition) is 1. The van der Waals surface area contributed by atoms with Gasteiger partial charge >= 0.3 is 0 Å². The van der Waals surface area contributed by atoms with E-state index in [4.69, 9.17) is 11.6 Å². The molecular formula is C10H12ClFS. The first-order valence-electron chi connectivity index (χ1n) is 4.19. The zero-order valence-corrected chi connectivity index (χ0v) is 9.08. The van der Waals surface area contributed by atoms with Crippen molar-refractivity contribution >= 4 is 24.2 Å². The van der Waals surface area contributed by atoms with Gasteiger partial charge in [0.15, 0.2) is 0 Å². The molecule has 0 aliphatic carbocycles. The molecule has 1 atom stereocenters. The molecule has 0 saturated carbocycles. The van der Waals surface area contributed by atoms with E-state index in [2.05, 4.69) is 12.6 Å². The van der Waals surface area contributed by atoms with Crippen LogP contribution in [0, 0.1) is 11.7 Å². The Morgan fingerprint density at radius 3 is 2.77 bits per heavy atom. The second kappa shape index (κ2) is 4.87. The first kappa shape index (κ1) is 10.9. The van der Waals surface area contributed by atoms with E-state index in [9.17, 15) is 4.39 Å². The van der Waals surface area contributed by atoms with Gasteiger partial charge in [-0.05, 0) is 30.2 Å². The highest BCUT2D eigenvalue weighted by molar-refractivity contribution is 7.80. The third-order valence-electron chi connectivity index (χ3n) is 1.93. The summed E-state index contributed by atoms with van der Waals surface area (Å²) in [7, 11) is 0. The molecule has 0 saturated heterocycles. The molecule has 0 nitrogen and oxygen atoms in total. The zero-order chi connectivity index (χ0) is 9.84. The number of thiol groups is 1. The minimum atomic E-state index is -0.221. The van der Waals surface area contributed by atoms with Crippen LogP contribution >= 0.6 is 24.2 Å². The summed E-state index contributed by atoms with van der Waals surface area (Å²) in [5.41, 5.74) is 0.603. The van der Waals surface area contributed by atoms with Crippen molar-refractivity contribution in [3.8, 4) is 0 Å². The Balaban J connectivity index is 2.87. The van der Waals surface area contributed by atoms with Crippen molar-refractivity contribution in [1.82, 2.24) is 0 Å². The lowest BCUT2D eigenvalue weighted by atomic mass is 10.0. The van der Waals surface area contributed by atoms with Gasteiger partial charge in [-0.3, -0.25) is 0 Å². The SMILES string of the molecule is CC(CS)Cc1c(F)cccc1Cl. The van der Waals surface area contributed by atoms with Gasteiger partial charge in [0.2, 0.25) is 0 Å². The molecule has 3 heteroatoms. The number of halogens is 2. The molecule has 1 aromatic rings. The molecule has 0 fully saturated rings.